The van der Waals surface area contributed by atoms with Gasteiger partial charge in [0.05, 0.1) is 26.8 Å². The molecule has 6 fully saturated rings. The number of aliphatic hydroxyl groups is 1. The molecular formula is C33H56N2O6Si. The molecule has 42 heavy (non-hydrogen) atoms. The van der Waals surface area contributed by atoms with Gasteiger partial charge >= 0.3 is 6.09 Å². The summed E-state index contributed by atoms with van der Waals surface area (Å²) in [5, 5.41) is 10.2. The molecule has 3 aliphatic carbocycles. The van der Waals surface area contributed by atoms with Crippen LogP contribution in [0.5, 0.6) is 0 Å². The van der Waals surface area contributed by atoms with Crippen molar-refractivity contribution in [3.05, 3.63) is 0 Å². The number of hydrogen-bond donors (Lipinski definition) is 1. The Hall–Kier alpha value is -1.16. The van der Waals surface area contributed by atoms with Gasteiger partial charge in [0.25, 0.3) is 5.91 Å². The van der Waals surface area contributed by atoms with Gasteiger partial charge in [-0.05, 0) is 80.7 Å². The average molecular weight is 605 g/mol. The number of carbonyl (C=O) groups excluding carboxylic acids is 2. The lowest BCUT2D eigenvalue weighted by atomic mass is 9.71. The van der Waals surface area contributed by atoms with E-state index in [-0.39, 0.29) is 48.6 Å². The molecule has 8 nitrogen and oxygen atoms in total. The van der Waals surface area contributed by atoms with Crippen LogP contribution >= 0.6 is 0 Å². The molecule has 6 rings (SSSR count). The molecule has 0 aromatic carbocycles. The monoisotopic (exact) mass is 604 g/mol. The minimum Gasteiger partial charge on any atom is -0.448 e. The SMILES string of the molecule is COC1CCC([Si](C)(C)[C@H]2[C@H](CCO)O[C@@]3(C(=O)N(CC4CCC(N5CCOC5=O)CC4)C4CCCCC43)[C@@H]2C)CC1. The summed E-state index contributed by atoms with van der Waals surface area (Å²) in [5.41, 5.74) is 0.338. The molecule has 3 saturated carbocycles. The first-order valence-corrected chi connectivity index (χ1v) is 20.4. The van der Waals surface area contributed by atoms with Crippen LogP contribution in [0.2, 0.25) is 24.2 Å². The van der Waals surface area contributed by atoms with Gasteiger partial charge < -0.3 is 29.1 Å². The zero-order valence-electron chi connectivity index (χ0n) is 26.6. The van der Waals surface area contributed by atoms with Gasteiger partial charge in [-0.15, -0.1) is 0 Å². The molecule has 6 atom stereocenters. The number of cyclic esters (lactones) is 1. The number of ether oxygens (including phenoxy) is 3. The first-order chi connectivity index (χ1) is 20.2. The van der Waals surface area contributed by atoms with Gasteiger partial charge in [-0.25, -0.2) is 4.79 Å². The van der Waals surface area contributed by atoms with Gasteiger partial charge in [0.2, 0.25) is 0 Å². The number of methoxy groups -OCH3 is 1. The molecule has 0 aromatic heterocycles. The first-order valence-electron chi connectivity index (χ1n) is 17.3. The summed E-state index contributed by atoms with van der Waals surface area (Å²) in [7, 11) is -0.00864. The highest BCUT2D eigenvalue weighted by atomic mass is 28.3. The third kappa shape index (κ3) is 5.16. The second kappa shape index (κ2) is 12.3. The number of carbonyl (C=O) groups is 2. The van der Waals surface area contributed by atoms with Crippen LogP contribution in [0.3, 0.4) is 0 Å². The average Bonchev–Trinajstić information content (AvgIpc) is 3.63. The van der Waals surface area contributed by atoms with Crippen LogP contribution in [0.15, 0.2) is 0 Å². The molecule has 3 saturated heterocycles. The van der Waals surface area contributed by atoms with E-state index in [1.54, 1.807) is 0 Å². The highest BCUT2D eigenvalue weighted by Gasteiger charge is 2.70. The van der Waals surface area contributed by atoms with Crippen LogP contribution < -0.4 is 0 Å². The lowest BCUT2D eigenvalue weighted by molar-refractivity contribution is -0.156. The Labute approximate surface area is 254 Å². The fraction of sp³-hybridized carbons (Fsp3) is 0.939. The maximum absolute atomic E-state index is 14.8. The Balaban J connectivity index is 1.21. The van der Waals surface area contributed by atoms with E-state index in [9.17, 15) is 14.7 Å². The van der Waals surface area contributed by atoms with E-state index in [0.29, 0.717) is 42.7 Å². The number of amides is 2. The van der Waals surface area contributed by atoms with E-state index in [2.05, 4.69) is 24.9 Å². The predicted molar refractivity (Wildman–Crippen MR) is 164 cm³/mol. The van der Waals surface area contributed by atoms with E-state index in [1.807, 2.05) is 12.0 Å². The molecule has 0 radical (unpaired) electrons. The lowest BCUT2D eigenvalue weighted by Crippen LogP contribution is -2.51. The third-order valence-electron chi connectivity index (χ3n) is 13.1. The summed E-state index contributed by atoms with van der Waals surface area (Å²) < 4.78 is 18.1. The van der Waals surface area contributed by atoms with E-state index in [1.165, 1.54) is 25.7 Å². The Kier molecular flexibility index (Phi) is 9.05. The van der Waals surface area contributed by atoms with E-state index in [0.717, 1.165) is 57.9 Å². The fourth-order valence-corrected chi connectivity index (χ4v) is 16.0. The van der Waals surface area contributed by atoms with Crippen LogP contribution in [0, 0.1) is 17.8 Å². The van der Waals surface area contributed by atoms with Crippen molar-refractivity contribution in [1.29, 1.82) is 0 Å². The second-order valence-corrected chi connectivity index (χ2v) is 20.3. The molecule has 2 amide bonds. The number of rotatable bonds is 8. The molecular weight excluding hydrogens is 548 g/mol. The van der Waals surface area contributed by atoms with E-state index >= 15 is 0 Å². The van der Waals surface area contributed by atoms with Crippen LogP contribution in [-0.2, 0) is 19.0 Å². The minimum atomic E-state index is -1.85. The quantitative estimate of drug-likeness (QED) is 0.364. The highest BCUT2D eigenvalue weighted by molar-refractivity contribution is 6.80. The summed E-state index contributed by atoms with van der Waals surface area (Å²) in [6.45, 7) is 9.63. The van der Waals surface area contributed by atoms with Gasteiger partial charge in [0, 0.05) is 38.3 Å². The first kappa shape index (κ1) is 30.8. The van der Waals surface area contributed by atoms with E-state index < -0.39 is 13.7 Å². The Morgan fingerprint density at radius 1 is 1.00 bits per heavy atom. The smallest absolute Gasteiger partial charge is 0.410 e. The van der Waals surface area contributed by atoms with Gasteiger partial charge in [0.15, 0.2) is 5.60 Å². The molecule has 2 unspecified atom stereocenters. The van der Waals surface area contributed by atoms with Crippen molar-refractivity contribution in [3.63, 3.8) is 0 Å². The maximum atomic E-state index is 14.8. The number of aliphatic hydroxyl groups excluding tert-OH is 1. The Morgan fingerprint density at radius 3 is 2.36 bits per heavy atom. The van der Waals surface area contributed by atoms with Crippen molar-refractivity contribution in [2.24, 2.45) is 17.8 Å². The normalized spacial score (nSPS) is 42.8. The topological polar surface area (TPSA) is 88.5 Å². The second-order valence-electron chi connectivity index (χ2n) is 15.2. The molecule has 238 valence electrons. The zero-order chi connectivity index (χ0) is 29.6. The standard InChI is InChI=1S/C33H56N2O6Si/c1-22-30(42(3,4)26-15-13-25(39-2)14-16-26)29(17-19-36)41-33(22)27-7-5-6-8-28(27)35(31(33)37)21-23-9-11-24(12-10-23)34-18-20-40-32(34)38/h22-30,36H,5-21H2,1-4H3/t22-,23?,24?,25?,26?,27?,28?,29+,30-,33+/m1/s1. The summed E-state index contributed by atoms with van der Waals surface area (Å²) >= 11 is 0. The van der Waals surface area contributed by atoms with Crippen LogP contribution in [-0.4, -0.2) is 98.3 Å². The summed E-state index contributed by atoms with van der Waals surface area (Å²) in [5.74, 6) is 1.17. The third-order valence-corrected chi connectivity index (χ3v) is 18.3. The number of fused-ring (bicyclic) bond motifs is 2. The number of hydrogen-bond acceptors (Lipinski definition) is 6. The molecule has 1 N–H and O–H groups in total. The van der Waals surface area contributed by atoms with Gasteiger partial charge in [-0.2, -0.15) is 0 Å². The predicted octanol–water partition coefficient (Wildman–Crippen LogP) is 5.59. The van der Waals surface area contributed by atoms with Crippen LogP contribution in [0.25, 0.3) is 0 Å². The Bertz CT molecular complexity index is 980. The zero-order valence-corrected chi connectivity index (χ0v) is 27.6. The van der Waals surface area contributed by atoms with Gasteiger partial charge in [-0.1, -0.05) is 45.7 Å². The molecule has 0 aromatic rings. The summed E-state index contributed by atoms with van der Waals surface area (Å²) in [6.07, 6.45) is 14.1. The highest BCUT2D eigenvalue weighted by Crippen LogP contribution is 2.62. The molecule has 3 aliphatic heterocycles. The van der Waals surface area contributed by atoms with Crippen molar-refractivity contribution in [1.82, 2.24) is 9.80 Å². The van der Waals surface area contributed by atoms with Crippen LogP contribution in [0.4, 0.5) is 4.79 Å². The fourth-order valence-electron chi connectivity index (χ4n) is 10.9. The molecule has 9 heteroatoms. The molecule has 6 aliphatic rings. The van der Waals surface area contributed by atoms with Crippen LogP contribution in [0.1, 0.15) is 90.4 Å². The number of likely N-dealkylation sites (tertiary alicyclic amines) is 1. The van der Waals surface area contributed by atoms with Crippen molar-refractivity contribution >= 4 is 20.1 Å². The van der Waals surface area contributed by atoms with Gasteiger partial charge in [0.1, 0.15) is 6.61 Å². The molecule has 0 bridgehead atoms. The van der Waals surface area contributed by atoms with Crippen molar-refractivity contribution in [2.45, 2.75) is 144 Å². The van der Waals surface area contributed by atoms with E-state index in [4.69, 9.17) is 14.2 Å². The Morgan fingerprint density at radius 2 is 1.71 bits per heavy atom. The minimum absolute atomic E-state index is 0.0334. The maximum Gasteiger partial charge on any atom is 0.410 e. The summed E-state index contributed by atoms with van der Waals surface area (Å²) in [4.78, 5) is 31.2. The van der Waals surface area contributed by atoms with Gasteiger partial charge in [-0.3, -0.25) is 4.79 Å². The largest absolute Gasteiger partial charge is 0.448 e. The van der Waals surface area contributed by atoms with Crippen molar-refractivity contribution in [2.75, 3.05) is 33.4 Å². The van der Waals surface area contributed by atoms with Crippen molar-refractivity contribution in [3.8, 4) is 0 Å². The number of nitrogens with zero attached hydrogens (tertiary/aromatic N) is 2. The molecule has 3 heterocycles. The van der Waals surface area contributed by atoms with Crippen molar-refractivity contribution < 1.29 is 28.9 Å². The molecule has 1 spiro atoms. The summed E-state index contributed by atoms with van der Waals surface area (Å²) in [6, 6.07) is 0.555. The lowest BCUT2D eigenvalue weighted by Gasteiger charge is -2.45.